The Hall–Kier alpha value is -2.70. The van der Waals surface area contributed by atoms with Crippen LogP contribution >= 0.6 is 23.2 Å². The van der Waals surface area contributed by atoms with Gasteiger partial charge in [0.25, 0.3) is 5.91 Å². The maximum atomic E-state index is 12.6. The number of rotatable bonds is 4. The minimum Gasteiger partial charge on any atom is -0.493 e. The lowest BCUT2D eigenvalue weighted by atomic mass is 10.1. The minimum atomic E-state index is -0.555. The van der Waals surface area contributed by atoms with Crippen molar-refractivity contribution in [1.29, 1.82) is 0 Å². The standard InChI is InChI=1S/C18H14Cl2N2O4/c1-25-15-8-10(13(20)9-16(15)26-2)7-14-17(23)22(18(24)21-14)12-5-3-11(19)4-6-12/h3-9H,1-2H3,(H,21,24)/b14-7+. The minimum absolute atomic E-state index is 0.0964. The molecule has 0 unspecified atom stereocenters. The fraction of sp³-hybridized carbons (Fsp3) is 0.111. The van der Waals surface area contributed by atoms with Crippen LogP contribution in [0.1, 0.15) is 5.56 Å². The van der Waals surface area contributed by atoms with Crippen molar-refractivity contribution in [1.82, 2.24) is 5.32 Å². The molecule has 134 valence electrons. The normalized spacial score (nSPS) is 15.4. The topological polar surface area (TPSA) is 67.9 Å². The molecule has 0 aromatic heterocycles. The number of methoxy groups -OCH3 is 2. The van der Waals surface area contributed by atoms with E-state index in [4.69, 9.17) is 32.7 Å². The fourth-order valence-electron chi connectivity index (χ4n) is 2.50. The van der Waals surface area contributed by atoms with E-state index in [0.29, 0.717) is 32.8 Å². The zero-order chi connectivity index (χ0) is 18.8. The van der Waals surface area contributed by atoms with Gasteiger partial charge in [0.2, 0.25) is 0 Å². The fourth-order valence-corrected chi connectivity index (χ4v) is 2.83. The third-order valence-corrected chi connectivity index (χ3v) is 4.35. The number of nitrogens with one attached hydrogen (secondary N) is 1. The molecule has 8 heteroatoms. The van der Waals surface area contributed by atoms with Crippen LogP contribution in [0.3, 0.4) is 0 Å². The third-order valence-electron chi connectivity index (χ3n) is 3.77. The van der Waals surface area contributed by atoms with Crippen LogP contribution in [-0.2, 0) is 4.79 Å². The molecule has 1 saturated heterocycles. The summed E-state index contributed by atoms with van der Waals surface area (Å²) in [5.41, 5.74) is 1.02. The molecule has 0 spiro atoms. The second-order valence-corrected chi connectivity index (χ2v) is 6.18. The molecule has 1 aliphatic rings. The van der Waals surface area contributed by atoms with Gasteiger partial charge < -0.3 is 14.8 Å². The van der Waals surface area contributed by atoms with Gasteiger partial charge in [0.15, 0.2) is 11.5 Å². The zero-order valence-electron chi connectivity index (χ0n) is 13.9. The number of amides is 3. The van der Waals surface area contributed by atoms with Gasteiger partial charge in [-0.25, -0.2) is 9.69 Å². The molecule has 0 radical (unpaired) electrons. The summed E-state index contributed by atoms with van der Waals surface area (Å²) >= 11 is 12.1. The smallest absolute Gasteiger partial charge is 0.333 e. The molecule has 0 saturated carbocycles. The Balaban J connectivity index is 1.97. The number of nitrogens with zero attached hydrogens (tertiary/aromatic N) is 1. The van der Waals surface area contributed by atoms with E-state index >= 15 is 0 Å². The molecule has 0 bridgehead atoms. The molecule has 0 atom stereocenters. The number of ether oxygens (including phenoxy) is 2. The van der Waals surface area contributed by atoms with Crippen molar-refractivity contribution in [3.63, 3.8) is 0 Å². The molecule has 2 aromatic rings. The van der Waals surface area contributed by atoms with Gasteiger partial charge in [0, 0.05) is 11.1 Å². The summed E-state index contributed by atoms with van der Waals surface area (Å²) in [6, 6.07) is 9.02. The number of urea groups is 1. The predicted octanol–water partition coefficient (Wildman–Crippen LogP) is 4.11. The van der Waals surface area contributed by atoms with E-state index in [1.54, 1.807) is 36.4 Å². The van der Waals surface area contributed by atoms with Gasteiger partial charge >= 0.3 is 6.03 Å². The van der Waals surface area contributed by atoms with Crippen molar-refractivity contribution in [2.45, 2.75) is 0 Å². The SMILES string of the molecule is COc1cc(Cl)c(/C=C2/NC(=O)N(c3ccc(Cl)cc3)C2=O)cc1OC. The maximum Gasteiger partial charge on any atom is 0.333 e. The third kappa shape index (κ3) is 3.34. The summed E-state index contributed by atoms with van der Waals surface area (Å²) in [7, 11) is 2.99. The lowest BCUT2D eigenvalue weighted by Crippen LogP contribution is -2.30. The van der Waals surface area contributed by atoms with Gasteiger partial charge in [-0.3, -0.25) is 4.79 Å². The molecule has 0 aliphatic carbocycles. The van der Waals surface area contributed by atoms with Crippen molar-refractivity contribution in [3.05, 3.63) is 57.7 Å². The van der Waals surface area contributed by atoms with Gasteiger partial charge in [0.05, 0.1) is 24.9 Å². The van der Waals surface area contributed by atoms with Crippen molar-refractivity contribution in [3.8, 4) is 11.5 Å². The molecular formula is C18H14Cl2N2O4. The van der Waals surface area contributed by atoms with Crippen molar-refractivity contribution in [2.75, 3.05) is 19.1 Å². The Morgan fingerprint density at radius 3 is 2.23 bits per heavy atom. The van der Waals surface area contributed by atoms with E-state index in [1.807, 2.05) is 0 Å². The zero-order valence-corrected chi connectivity index (χ0v) is 15.4. The molecule has 1 fully saturated rings. The summed E-state index contributed by atoms with van der Waals surface area (Å²) < 4.78 is 10.4. The van der Waals surface area contributed by atoms with Crippen LogP contribution < -0.4 is 19.7 Å². The quantitative estimate of drug-likeness (QED) is 0.627. The van der Waals surface area contributed by atoms with Gasteiger partial charge in [0.1, 0.15) is 5.70 Å². The monoisotopic (exact) mass is 392 g/mol. The van der Waals surface area contributed by atoms with E-state index in [0.717, 1.165) is 4.90 Å². The number of halogens is 2. The lowest BCUT2D eigenvalue weighted by molar-refractivity contribution is -0.113. The highest BCUT2D eigenvalue weighted by Gasteiger charge is 2.35. The first-order valence-corrected chi connectivity index (χ1v) is 8.24. The van der Waals surface area contributed by atoms with Crippen LogP contribution in [0.4, 0.5) is 10.5 Å². The first kappa shape index (κ1) is 18.1. The van der Waals surface area contributed by atoms with Gasteiger partial charge in [-0.05, 0) is 42.0 Å². The second-order valence-electron chi connectivity index (χ2n) is 5.33. The Labute approximate surface area is 159 Å². The number of hydrogen-bond donors (Lipinski definition) is 1. The van der Waals surface area contributed by atoms with Crippen LogP contribution in [0.5, 0.6) is 11.5 Å². The molecule has 3 rings (SSSR count). The van der Waals surface area contributed by atoms with Crippen LogP contribution in [0.15, 0.2) is 42.1 Å². The van der Waals surface area contributed by atoms with E-state index < -0.39 is 11.9 Å². The number of carbonyl (C=O) groups excluding carboxylic acids is 2. The molecule has 1 heterocycles. The Morgan fingerprint density at radius 1 is 1.00 bits per heavy atom. The van der Waals surface area contributed by atoms with Crippen molar-refractivity contribution in [2.24, 2.45) is 0 Å². The summed E-state index contributed by atoms with van der Waals surface area (Å²) in [4.78, 5) is 25.9. The summed E-state index contributed by atoms with van der Waals surface area (Å²) in [6.45, 7) is 0. The summed E-state index contributed by atoms with van der Waals surface area (Å²) in [6.07, 6.45) is 1.49. The maximum absolute atomic E-state index is 12.6. The van der Waals surface area contributed by atoms with Gasteiger partial charge in [-0.15, -0.1) is 0 Å². The summed E-state index contributed by atoms with van der Waals surface area (Å²) in [5, 5.41) is 3.40. The Morgan fingerprint density at radius 2 is 1.62 bits per heavy atom. The molecule has 6 nitrogen and oxygen atoms in total. The molecule has 1 N–H and O–H groups in total. The van der Waals surface area contributed by atoms with Gasteiger partial charge in [-0.1, -0.05) is 23.2 Å². The molecular weight excluding hydrogens is 379 g/mol. The predicted molar refractivity (Wildman–Crippen MR) is 100 cm³/mol. The number of benzene rings is 2. The number of carbonyl (C=O) groups is 2. The Bertz CT molecular complexity index is 910. The average molecular weight is 393 g/mol. The Kier molecular flexibility index (Phi) is 5.06. The molecule has 3 amide bonds. The number of anilines is 1. The van der Waals surface area contributed by atoms with Gasteiger partial charge in [-0.2, -0.15) is 0 Å². The number of hydrogen-bond acceptors (Lipinski definition) is 4. The van der Waals surface area contributed by atoms with E-state index in [1.165, 1.54) is 20.3 Å². The second kappa shape index (κ2) is 7.27. The highest BCUT2D eigenvalue weighted by atomic mass is 35.5. The largest absolute Gasteiger partial charge is 0.493 e. The van der Waals surface area contributed by atoms with Crippen LogP contribution in [0.2, 0.25) is 10.0 Å². The number of imide groups is 1. The van der Waals surface area contributed by atoms with E-state index in [9.17, 15) is 9.59 Å². The molecule has 26 heavy (non-hydrogen) atoms. The van der Waals surface area contributed by atoms with Crippen LogP contribution in [0.25, 0.3) is 6.08 Å². The van der Waals surface area contributed by atoms with Crippen LogP contribution in [-0.4, -0.2) is 26.2 Å². The van der Waals surface area contributed by atoms with E-state index in [-0.39, 0.29) is 5.70 Å². The van der Waals surface area contributed by atoms with Crippen LogP contribution in [0, 0.1) is 0 Å². The van der Waals surface area contributed by atoms with Crippen molar-refractivity contribution < 1.29 is 19.1 Å². The average Bonchev–Trinajstić information content (AvgIpc) is 2.90. The first-order valence-electron chi connectivity index (χ1n) is 7.49. The molecule has 2 aromatic carbocycles. The first-order chi connectivity index (χ1) is 12.4. The lowest BCUT2D eigenvalue weighted by Gasteiger charge is -2.11. The van der Waals surface area contributed by atoms with E-state index in [2.05, 4.69) is 5.32 Å². The highest BCUT2D eigenvalue weighted by Crippen LogP contribution is 2.34. The van der Waals surface area contributed by atoms with Crippen molar-refractivity contribution >= 4 is 46.9 Å². The molecule has 1 aliphatic heterocycles. The summed E-state index contributed by atoms with van der Waals surface area (Å²) in [5.74, 6) is 0.419. The highest BCUT2D eigenvalue weighted by molar-refractivity contribution is 6.33.